The van der Waals surface area contributed by atoms with Crippen molar-refractivity contribution in [2.75, 3.05) is 0 Å². The van der Waals surface area contributed by atoms with Crippen LogP contribution in [0.5, 0.6) is 0 Å². The fourth-order valence-corrected chi connectivity index (χ4v) is 2.11. The normalized spacial score (nSPS) is 11.4. The maximum Gasteiger partial charge on any atom is 0.346 e. The quantitative estimate of drug-likeness (QED) is 0.600. The van der Waals surface area contributed by atoms with Crippen molar-refractivity contribution >= 4 is 23.3 Å². The van der Waals surface area contributed by atoms with Crippen LogP contribution in [0.4, 0.5) is 11.4 Å². The summed E-state index contributed by atoms with van der Waals surface area (Å²) >= 11 is 0. The van der Waals surface area contributed by atoms with Gasteiger partial charge in [-0.3, -0.25) is 25.0 Å². The zero-order valence-electron chi connectivity index (χ0n) is 12.5. The molecule has 2 N–H and O–H groups in total. The minimum Gasteiger partial charge on any atom is -0.479 e. The number of amides is 1. The molecule has 0 heterocycles. The summed E-state index contributed by atoms with van der Waals surface area (Å²) in [6.45, 7) is 0. The first-order valence-corrected chi connectivity index (χ1v) is 6.82. The summed E-state index contributed by atoms with van der Waals surface area (Å²) in [7, 11) is 0. The molecule has 0 aliphatic carbocycles. The maximum absolute atomic E-state index is 12.2. The van der Waals surface area contributed by atoms with Crippen molar-refractivity contribution in [1.29, 1.82) is 0 Å². The molecule has 0 fully saturated rings. The Labute approximate surface area is 140 Å². The molecule has 1 atom stereocenters. The number of nitro groups is 2. The molecule has 0 spiro atoms. The Morgan fingerprint density at radius 1 is 0.960 bits per heavy atom. The maximum atomic E-state index is 12.2. The molecule has 0 unspecified atom stereocenters. The minimum absolute atomic E-state index is 0.264. The van der Waals surface area contributed by atoms with Crippen LogP contribution in [0.25, 0.3) is 0 Å². The Morgan fingerprint density at radius 2 is 1.56 bits per heavy atom. The van der Waals surface area contributed by atoms with Crippen molar-refractivity contribution in [2.24, 2.45) is 0 Å². The highest BCUT2D eigenvalue weighted by Crippen LogP contribution is 2.27. The van der Waals surface area contributed by atoms with Gasteiger partial charge in [0, 0.05) is 17.7 Å². The first kappa shape index (κ1) is 17.5. The summed E-state index contributed by atoms with van der Waals surface area (Å²) < 4.78 is 0. The van der Waals surface area contributed by atoms with Gasteiger partial charge >= 0.3 is 17.3 Å². The van der Waals surface area contributed by atoms with Crippen LogP contribution in [0.3, 0.4) is 0 Å². The zero-order chi connectivity index (χ0) is 18.6. The van der Waals surface area contributed by atoms with E-state index in [1.165, 1.54) is 12.1 Å². The number of hydrogen-bond acceptors (Lipinski definition) is 6. The molecule has 128 valence electrons. The number of nitro benzene ring substituents is 2. The van der Waals surface area contributed by atoms with Gasteiger partial charge < -0.3 is 10.4 Å². The predicted octanol–water partition coefficient (Wildman–Crippen LogP) is 2.06. The van der Waals surface area contributed by atoms with E-state index in [2.05, 4.69) is 5.32 Å². The summed E-state index contributed by atoms with van der Waals surface area (Å²) in [5.41, 5.74) is -1.58. The molecular formula is C15H11N3O7. The summed E-state index contributed by atoms with van der Waals surface area (Å²) in [5.74, 6) is -2.23. The van der Waals surface area contributed by atoms with Crippen LogP contribution in [0.1, 0.15) is 22.0 Å². The standard InChI is InChI=1S/C15H11N3O7/c19-14(16-13(15(20)21)9-4-2-1-3-5-9)10-6-7-11(17(22)23)12(8-10)18(24)25/h1-8,13H,(H,16,19)(H,20,21)/t13-/m0/s1. The molecule has 0 aliphatic rings. The van der Waals surface area contributed by atoms with E-state index in [1.807, 2.05) is 0 Å². The molecule has 2 rings (SSSR count). The molecule has 1 amide bonds. The van der Waals surface area contributed by atoms with E-state index in [0.29, 0.717) is 5.56 Å². The number of nitrogens with one attached hydrogen (secondary N) is 1. The summed E-state index contributed by atoms with van der Waals surface area (Å²) in [6.07, 6.45) is 0. The fraction of sp³-hybridized carbons (Fsp3) is 0.0667. The SMILES string of the molecule is O=C(N[C@H](C(=O)O)c1ccccc1)c1ccc([N+](=O)[O-])c([N+](=O)[O-])c1. The van der Waals surface area contributed by atoms with Crippen LogP contribution >= 0.6 is 0 Å². The monoisotopic (exact) mass is 345 g/mol. The molecule has 25 heavy (non-hydrogen) atoms. The molecule has 10 nitrogen and oxygen atoms in total. The number of rotatable bonds is 6. The Bertz CT molecular complexity index is 851. The average molecular weight is 345 g/mol. The van der Waals surface area contributed by atoms with E-state index in [1.54, 1.807) is 18.2 Å². The van der Waals surface area contributed by atoms with Crippen molar-refractivity contribution in [2.45, 2.75) is 6.04 Å². The van der Waals surface area contributed by atoms with E-state index in [9.17, 15) is 34.9 Å². The highest BCUT2D eigenvalue weighted by molar-refractivity contribution is 5.97. The summed E-state index contributed by atoms with van der Waals surface area (Å²) in [4.78, 5) is 43.4. The number of hydrogen-bond donors (Lipinski definition) is 2. The minimum atomic E-state index is -1.37. The molecule has 0 aromatic heterocycles. The van der Waals surface area contributed by atoms with Gasteiger partial charge in [0.05, 0.1) is 9.85 Å². The summed E-state index contributed by atoms with van der Waals surface area (Å²) in [6, 6.07) is 9.05. The molecule has 0 saturated carbocycles. The lowest BCUT2D eigenvalue weighted by atomic mass is 10.1. The Kier molecular flexibility index (Phi) is 5.03. The van der Waals surface area contributed by atoms with Crippen molar-refractivity contribution in [3.05, 3.63) is 79.9 Å². The largest absolute Gasteiger partial charge is 0.479 e. The third-order valence-electron chi connectivity index (χ3n) is 3.29. The van der Waals surface area contributed by atoms with E-state index >= 15 is 0 Å². The van der Waals surface area contributed by atoms with E-state index < -0.39 is 39.1 Å². The molecule has 0 saturated heterocycles. The van der Waals surface area contributed by atoms with Crippen LogP contribution in [-0.2, 0) is 4.79 Å². The highest BCUT2D eigenvalue weighted by Gasteiger charge is 2.27. The number of nitrogens with zero attached hydrogens (tertiary/aromatic N) is 2. The Hall–Kier alpha value is -3.82. The lowest BCUT2D eigenvalue weighted by molar-refractivity contribution is -0.422. The number of carboxylic acid groups (broad SMARTS) is 1. The van der Waals surface area contributed by atoms with Crippen LogP contribution in [0.2, 0.25) is 0 Å². The molecule has 2 aromatic carbocycles. The topological polar surface area (TPSA) is 153 Å². The third-order valence-corrected chi connectivity index (χ3v) is 3.29. The fourth-order valence-electron chi connectivity index (χ4n) is 2.11. The lowest BCUT2D eigenvalue weighted by Crippen LogP contribution is -2.33. The van der Waals surface area contributed by atoms with Gasteiger partial charge in [-0.05, 0) is 11.6 Å². The van der Waals surface area contributed by atoms with Crippen LogP contribution in [0, 0.1) is 20.2 Å². The number of benzene rings is 2. The number of carbonyl (C=O) groups excluding carboxylic acids is 1. The van der Waals surface area contributed by atoms with Gasteiger partial charge in [-0.25, -0.2) is 4.79 Å². The molecule has 0 bridgehead atoms. The smallest absolute Gasteiger partial charge is 0.346 e. The van der Waals surface area contributed by atoms with Gasteiger partial charge in [0.15, 0.2) is 6.04 Å². The number of carboxylic acids is 1. The highest BCUT2D eigenvalue weighted by atomic mass is 16.6. The second-order valence-electron chi connectivity index (χ2n) is 4.87. The first-order chi connectivity index (χ1) is 11.8. The number of aliphatic carboxylic acids is 1. The van der Waals surface area contributed by atoms with E-state index in [-0.39, 0.29) is 5.56 Å². The molecule has 2 aromatic rings. The van der Waals surface area contributed by atoms with Crippen molar-refractivity contribution in [3.8, 4) is 0 Å². The van der Waals surface area contributed by atoms with Gasteiger partial charge in [0.2, 0.25) is 0 Å². The number of carbonyl (C=O) groups is 2. The van der Waals surface area contributed by atoms with Crippen molar-refractivity contribution in [3.63, 3.8) is 0 Å². The average Bonchev–Trinajstić information content (AvgIpc) is 2.59. The Morgan fingerprint density at radius 3 is 2.08 bits per heavy atom. The van der Waals surface area contributed by atoms with E-state index in [0.717, 1.165) is 18.2 Å². The summed E-state index contributed by atoms with van der Waals surface area (Å²) in [5, 5.41) is 33.2. The van der Waals surface area contributed by atoms with Gasteiger partial charge in [0.1, 0.15) is 0 Å². The Balaban J connectivity index is 2.34. The zero-order valence-corrected chi connectivity index (χ0v) is 12.5. The van der Waals surface area contributed by atoms with Gasteiger partial charge in [0.25, 0.3) is 5.91 Å². The van der Waals surface area contributed by atoms with Crippen LogP contribution in [-0.4, -0.2) is 26.8 Å². The molecule has 0 aliphatic heterocycles. The van der Waals surface area contributed by atoms with Crippen LogP contribution < -0.4 is 5.32 Å². The van der Waals surface area contributed by atoms with Crippen molar-refractivity contribution in [1.82, 2.24) is 5.32 Å². The van der Waals surface area contributed by atoms with Gasteiger partial charge in [-0.1, -0.05) is 30.3 Å². The van der Waals surface area contributed by atoms with Gasteiger partial charge in [-0.15, -0.1) is 0 Å². The predicted molar refractivity (Wildman–Crippen MR) is 84.0 cm³/mol. The van der Waals surface area contributed by atoms with Gasteiger partial charge in [-0.2, -0.15) is 0 Å². The molecule has 10 heteroatoms. The third kappa shape index (κ3) is 3.93. The first-order valence-electron chi connectivity index (χ1n) is 6.82. The second kappa shape index (κ2) is 7.17. The second-order valence-corrected chi connectivity index (χ2v) is 4.87. The lowest BCUT2D eigenvalue weighted by Gasteiger charge is -2.14. The van der Waals surface area contributed by atoms with Crippen molar-refractivity contribution < 1.29 is 24.5 Å². The molecule has 0 radical (unpaired) electrons. The van der Waals surface area contributed by atoms with Crippen LogP contribution in [0.15, 0.2) is 48.5 Å². The molecular weight excluding hydrogens is 334 g/mol. The van der Waals surface area contributed by atoms with E-state index in [4.69, 9.17) is 0 Å².